The average Bonchev–Trinajstić information content (AvgIpc) is 3.02. The Morgan fingerprint density at radius 2 is 2.04 bits per heavy atom. The molecule has 10 heteroatoms. The highest BCUT2D eigenvalue weighted by molar-refractivity contribution is 5.85. The van der Waals surface area contributed by atoms with Crippen LogP contribution in [0.4, 0.5) is 0 Å². The largest absolute Gasteiger partial charge is 0.392 e. The van der Waals surface area contributed by atoms with Crippen molar-refractivity contribution in [1.82, 2.24) is 24.0 Å². The summed E-state index contributed by atoms with van der Waals surface area (Å²) in [5, 5.41) is 13.4. The number of aromatic nitrogens is 4. The number of rotatable bonds is 6. The van der Waals surface area contributed by atoms with E-state index in [1.54, 1.807) is 10.9 Å². The normalized spacial score (nSPS) is 19.5. The maximum atomic E-state index is 12.6. The van der Waals surface area contributed by atoms with Gasteiger partial charge in [0.25, 0.3) is 5.56 Å². The Hall–Kier alpha value is -1.35. The second-order valence-corrected chi connectivity index (χ2v) is 7.67. The Labute approximate surface area is 176 Å². The van der Waals surface area contributed by atoms with Crippen LogP contribution in [-0.4, -0.2) is 42.5 Å². The second-order valence-electron chi connectivity index (χ2n) is 7.67. The SMILES string of the molecule is CC(C)Cn1c(=O)n(C)c(=O)c2c1ncn2CCC[C@H]1NCCC[C@@H]1O.Cl.Cl. The van der Waals surface area contributed by atoms with Gasteiger partial charge in [-0.2, -0.15) is 0 Å². The highest BCUT2D eigenvalue weighted by atomic mass is 35.5. The Bertz CT molecular complexity index is 890. The molecule has 3 heterocycles. The van der Waals surface area contributed by atoms with E-state index in [9.17, 15) is 14.7 Å². The van der Waals surface area contributed by atoms with E-state index < -0.39 is 0 Å². The predicted molar refractivity (Wildman–Crippen MR) is 115 cm³/mol. The first-order valence-electron chi connectivity index (χ1n) is 9.46. The first-order chi connectivity index (χ1) is 12.4. The molecular weight excluding hydrogens is 405 g/mol. The topological polar surface area (TPSA) is 94.1 Å². The maximum absolute atomic E-state index is 12.6. The number of aliphatic hydroxyl groups is 1. The van der Waals surface area contributed by atoms with Crippen molar-refractivity contribution in [2.45, 2.75) is 64.8 Å². The molecule has 0 aromatic carbocycles. The number of aryl methyl sites for hydroxylation is 1. The van der Waals surface area contributed by atoms with Crippen molar-refractivity contribution in [2.75, 3.05) is 6.54 Å². The summed E-state index contributed by atoms with van der Waals surface area (Å²) < 4.78 is 4.59. The molecule has 2 atom stereocenters. The van der Waals surface area contributed by atoms with Crippen LogP contribution in [0.3, 0.4) is 0 Å². The van der Waals surface area contributed by atoms with Gasteiger partial charge >= 0.3 is 5.69 Å². The van der Waals surface area contributed by atoms with E-state index in [2.05, 4.69) is 10.3 Å². The van der Waals surface area contributed by atoms with Gasteiger partial charge < -0.3 is 15.0 Å². The molecule has 1 saturated heterocycles. The van der Waals surface area contributed by atoms with Crippen molar-refractivity contribution in [1.29, 1.82) is 0 Å². The fourth-order valence-corrected chi connectivity index (χ4v) is 3.72. The third-order valence-electron chi connectivity index (χ3n) is 5.11. The fourth-order valence-electron chi connectivity index (χ4n) is 3.72. The summed E-state index contributed by atoms with van der Waals surface area (Å²) in [5.41, 5.74) is 0.307. The van der Waals surface area contributed by atoms with Crippen molar-refractivity contribution in [3.05, 3.63) is 27.2 Å². The van der Waals surface area contributed by atoms with Crippen LogP contribution >= 0.6 is 24.8 Å². The molecule has 28 heavy (non-hydrogen) atoms. The molecule has 8 nitrogen and oxygen atoms in total. The number of nitrogens with one attached hydrogen (secondary N) is 1. The lowest BCUT2D eigenvalue weighted by atomic mass is 9.97. The molecule has 1 aliphatic rings. The lowest BCUT2D eigenvalue weighted by Crippen LogP contribution is -2.44. The number of nitrogens with zero attached hydrogens (tertiary/aromatic N) is 4. The summed E-state index contributed by atoms with van der Waals surface area (Å²) in [6, 6.07) is 0.112. The fraction of sp³-hybridized carbons (Fsp3) is 0.722. The standard InChI is InChI=1S/C18H29N5O3.2ClH/c1-12(2)10-23-16-15(17(25)21(3)18(23)26)22(11-20-16)9-5-6-13-14(24)7-4-8-19-13;;/h11-14,19,24H,4-10H2,1-3H3;2*1H/t13-,14+;;/m1../s1. The summed E-state index contributed by atoms with van der Waals surface area (Å²) in [5.74, 6) is 0.275. The molecule has 0 unspecified atom stereocenters. The Morgan fingerprint density at radius 3 is 2.68 bits per heavy atom. The minimum Gasteiger partial charge on any atom is -0.392 e. The van der Waals surface area contributed by atoms with Gasteiger partial charge in [-0.15, -0.1) is 24.8 Å². The van der Waals surface area contributed by atoms with Crippen molar-refractivity contribution in [3.63, 3.8) is 0 Å². The van der Waals surface area contributed by atoms with Gasteiger partial charge in [-0.3, -0.25) is 13.9 Å². The molecule has 0 bridgehead atoms. The highest BCUT2D eigenvalue weighted by Crippen LogP contribution is 2.15. The summed E-state index contributed by atoms with van der Waals surface area (Å²) in [7, 11) is 1.51. The second kappa shape index (κ2) is 10.4. The Balaban J connectivity index is 0.00000196. The minimum atomic E-state index is -0.323. The van der Waals surface area contributed by atoms with Crippen molar-refractivity contribution in [2.24, 2.45) is 13.0 Å². The van der Waals surface area contributed by atoms with Gasteiger partial charge in [-0.05, 0) is 38.1 Å². The molecule has 1 fully saturated rings. The zero-order chi connectivity index (χ0) is 18.8. The van der Waals surface area contributed by atoms with Gasteiger partial charge in [0, 0.05) is 26.2 Å². The molecule has 0 radical (unpaired) electrons. The van der Waals surface area contributed by atoms with Gasteiger partial charge in [0.15, 0.2) is 11.2 Å². The molecule has 1 aliphatic heterocycles. The van der Waals surface area contributed by atoms with Gasteiger partial charge in [0.2, 0.25) is 0 Å². The van der Waals surface area contributed by atoms with Crippen LogP contribution in [0.25, 0.3) is 11.2 Å². The molecule has 2 aromatic heterocycles. The molecule has 0 amide bonds. The Kier molecular flexibility index (Phi) is 9.20. The molecule has 2 aromatic rings. The lowest BCUT2D eigenvalue weighted by molar-refractivity contribution is 0.0909. The van der Waals surface area contributed by atoms with E-state index in [1.165, 1.54) is 7.05 Å². The van der Waals surface area contributed by atoms with Crippen LogP contribution in [0.15, 0.2) is 15.9 Å². The first kappa shape index (κ1) is 24.7. The maximum Gasteiger partial charge on any atom is 0.332 e. The molecule has 3 rings (SSSR count). The summed E-state index contributed by atoms with van der Waals surface area (Å²) in [4.78, 5) is 29.4. The van der Waals surface area contributed by atoms with Crippen molar-refractivity contribution >= 4 is 36.0 Å². The van der Waals surface area contributed by atoms with Crippen molar-refractivity contribution < 1.29 is 5.11 Å². The number of hydrogen-bond acceptors (Lipinski definition) is 5. The summed E-state index contributed by atoms with van der Waals surface area (Å²) in [6.07, 6.45) is 4.86. The van der Waals surface area contributed by atoms with Gasteiger partial charge in [-0.25, -0.2) is 9.78 Å². The van der Waals surface area contributed by atoms with Crippen LogP contribution in [0.5, 0.6) is 0 Å². The quantitative estimate of drug-likeness (QED) is 0.712. The number of imidazole rings is 1. The van der Waals surface area contributed by atoms with E-state index >= 15 is 0 Å². The van der Waals surface area contributed by atoms with E-state index in [1.807, 2.05) is 18.4 Å². The van der Waals surface area contributed by atoms with Gasteiger partial charge in [0.05, 0.1) is 12.4 Å². The number of fused-ring (bicyclic) bond motifs is 1. The van der Waals surface area contributed by atoms with Crippen LogP contribution in [0.2, 0.25) is 0 Å². The summed E-state index contributed by atoms with van der Waals surface area (Å²) in [6.45, 7) is 6.17. The smallest absolute Gasteiger partial charge is 0.332 e. The first-order valence-corrected chi connectivity index (χ1v) is 9.46. The number of halogens is 2. The van der Waals surface area contributed by atoms with E-state index in [-0.39, 0.29) is 54.1 Å². The van der Waals surface area contributed by atoms with Crippen LogP contribution in [0.1, 0.15) is 39.5 Å². The zero-order valence-electron chi connectivity index (χ0n) is 16.6. The van der Waals surface area contributed by atoms with Gasteiger partial charge in [-0.1, -0.05) is 13.8 Å². The molecule has 0 saturated carbocycles. The monoisotopic (exact) mass is 435 g/mol. The van der Waals surface area contributed by atoms with Crippen LogP contribution in [0, 0.1) is 5.92 Å². The highest BCUT2D eigenvalue weighted by Gasteiger charge is 2.22. The molecule has 2 N–H and O–H groups in total. The molecular formula is C18H31Cl2N5O3. The average molecular weight is 436 g/mol. The lowest BCUT2D eigenvalue weighted by Gasteiger charge is -2.28. The number of aliphatic hydroxyl groups excluding tert-OH is 1. The minimum absolute atomic E-state index is 0. The molecule has 0 aliphatic carbocycles. The van der Waals surface area contributed by atoms with Crippen LogP contribution < -0.4 is 16.6 Å². The van der Waals surface area contributed by atoms with Gasteiger partial charge in [0.1, 0.15) is 0 Å². The van der Waals surface area contributed by atoms with E-state index in [4.69, 9.17) is 0 Å². The molecule has 160 valence electrons. The number of hydrogen-bond donors (Lipinski definition) is 2. The van der Waals surface area contributed by atoms with Crippen LogP contribution in [-0.2, 0) is 20.1 Å². The van der Waals surface area contributed by atoms with E-state index in [0.717, 1.165) is 36.8 Å². The third kappa shape index (κ3) is 4.97. The summed E-state index contributed by atoms with van der Waals surface area (Å²) >= 11 is 0. The molecule has 0 spiro atoms. The zero-order valence-corrected chi connectivity index (χ0v) is 18.3. The predicted octanol–water partition coefficient (Wildman–Crippen LogP) is 1.29. The Morgan fingerprint density at radius 1 is 1.32 bits per heavy atom. The van der Waals surface area contributed by atoms with Crippen molar-refractivity contribution in [3.8, 4) is 0 Å². The third-order valence-corrected chi connectivity index (χ3v) is 5.11. The van der Waals surface area contributed by atoms with E-state index in [0.29, 0.717) is 24.3 Å². The number of piperidine rings is 1.